The van der Waals surface area contributed by atoms with Crippen LogP contribution in [-0.4, -0.2) is 18.0 Å². The van der Waals surface area contributed by atoms with E-state index in [-0.39, 0.29) is 0 Å². The normalized spacial score (nSPS) is 19.6. The zero-order valence-electron chi connectivity index (χ0n) is 9.73. The van der Waals surface area contributed by atoms with Crippen LogP contribution in [0.3, 0.4) is 0 Å². The zero-order valence-corrected chi connectivity index (χ0v) is 9.73. The van der Waals surface area contributed by atoms with Crippen LogP contribution in [0.4, 0.5) is 15.8 Å². The molecule has 1 saturated heterocycles. The van der Waals surface area contributed by atoms with E-state index in [9.17, 15) is 14.5 Å². The Morgan fingerprint density at radius 1 is 1.59 bits per heavy atom. The van der Waals surface area contributed by atoms with Crippen molar-refractivity contribution in [3.05, 3.63) is 34.1 Å². The summed E-state index contributed by atoms with van der Waals surface area (Å²) < 4.78 is 13.5. The standard InChI is InChI=1S/C12H15FN2O2/c1-2-9-6-7-14(8-9)11-5-3-4-10(13)12(11)15(16)17/h3-5,9H,2,6-8H2,1H3. The SMILES string of the molecule is CCC1CCN(c2cccc(F)c2[N+](=O)[O-])C1. The molecule has 1 atom stereocenters. The molecule has 1 fully saturated rings. The fraction of sp³-hybridized carbons (Fsp3) is 0.500. The van der Waals surface area contributed by atoms with Gasteiger partial charge < -0.3 is 4.90 Å². The van der Waals surface area contributed by atoms with Gasteiger partial charge in [0.1, 0.15) is 5.69 Å². The third-order valence-corrected chi connectivity index (χ3v) is 3.35. The Bertz CT molecular complexity index is 437. The lowest BCUT2D eigenvalue weighted by Crippen LogP contribution is -2.21. The average molecular weight is 238 g/mol. The van der Waals surface area contributed by atoms with Crippen LogP contribution in [0.1, 0.15) is 19.8 Å². The molecule has 0 N–H and O–H groups in total. The second-order valence-corrected chi connectivity index (χ2v) is 4.37. The first-order chi connectivity index (χ1) is 8.13. The summed E-state index contributed by atoms with van der Waals surface area (Å²) in [6, 6.07) is 4.28. The maximum atomic E-state index is 13.5. The summed E-state index contributed by atoms with van der Waals surface area (Å²) in [5, 5.41) is 10.9. The molecule has 0 aliphatic carbocycles. The first-order valence-corrected chi connectivity index (χ1v) is 5.81. The molecule has 0 amide bonds. The summed E-state index contributed by atoms with van der Waals surface area (Å²) in [6.45, 7) is 3.65. The number of anilines is 1. The van der Waals surface area contributed by atoms with Crippen LogP contribution >= 0.6 is 0 Å². The fourth-order valence-corrected chi connectivity index (χ4v) is 2.32. The summed E-state index contributed by atoms with van der Waals surface area (Å²) >= 11 is 0. The van der Waals surface area contributed by atoms with Crippen molar-refractivity contribution in [2.24, 2.45) is 5.92 Å². The number of nitrogens with zero attached hydrogens (tertiary/aromatic N) is 2. The maximum absolute atomic E-state index is 13.5. The van der Waals surface area contributed by atoms with E-state index in [0.29, 0.717) is 11.6 Å². The van der Waals surface area contributed by atoms with Crippen molar-refractivity contribution in [3.8, 4) is 0 Å². The van der Waals surface area contributed by atoms with Crippen LogP contribution in [0, 0.1) is 21.8 Å². The van der Waals surface area contributed by atoms with Gasteiger partial charge in [0.05, 0.1) is 4.92 Å². The van der Waals surface area contributed by atoms with E-state index in [1.807, 2.05) is 4.90 Å². The highest BCUT2D eigenvalue weighted by Gasteiger charge is 2.28. The van der Waals surface area contributed by atoms with E-state index in [2.05, 4.69) is 6.92 Å². The minimum Gasteiger partial charge on any atom is -0.366 e. The van der Waals surface area contributed by atoms with E-state index < -0.39 is 16.4 Å². The van der Waals surface area contributed by atoms with Crippen molar-refractivity contribution < 1.29 is 9.31 Å². The van der Waals surface area contributed by atoms with Gasteiger partial charge in [0.25, 0.3) is 0 Å². The molecule has 2 rings (SSSR count). The number of benzene rings is 1. The van der Waals surface area contributed by atoms with Crippen molar-refractivity contribution in [2.45, 2.75) is 19.8 Å². The molecule has 1 aromatic carbocycles. The molecular weight excluding hydrogens is 223 g/mol. The minimum absolute atomic E-state index is 0.399. The average Bonchev–Trinajstić information content (AvgIpc) is 2.76. The summed E-state index contributed by atoms with van der Waals surface area (Å²) in [5.74, 6) is -0.203. The minimum atomic E-state index is -0.757. The van der Waals surface area contributed by atoms with Gasteiger partial charge in [-0.2, -0.15) is 4.39 Å². The van der Waals surface area contributed by atoms with Crippen molar-refractivity contribution in [2.75, 3.05) is 18.0 Å². The van der Waals surface area contributed by atoms with Gasteiger partial charge in [-0.1, -0.05) is 19.4 Å². The Kier molecular flexibility index (Phi) is 3.26. The number of para-hydroxylation sites is 1. The van der Waals surface area contributed by atoms with Crippen LogP contribution in [0.2, 0.25) is 0 Å². The predicted octanol–water partition coefficient (Wildman–Crippen LogP) is 2.97. The molecule has 5 heteroatoms. The molecule has 0 aromatic heterocycles. The Balaban J connectivity index is 2.33. The molecule has 0 saturated carbocycles. The van der Waals surface area contributed by atoms with Gasteiger partial charge in [-0.25, -0.2) is 0 Å². The third kappa shape index (κ3) is 2.23. The van der Waals surface area contributed by atoms with Gasteiger partial charge >= 0.3 is 5.69 Å². The van der Waals surface area contributed by atoms with Gasteiger partial charge in [-0.05, 0) is 24.5 Å². The molecule has 92 valence electrons. The second-order valence-electron chi connectivity index (χ2n) is 4.37. The predicted molar refractivity (Wildman–Crippen MR) is 63.7 cm³/mol. The Morgan fingerprint density at radius 2 is 2.35 bits per heavy atom. The van der Waals surface area contributed by atoms with Crippen LogP contribution in [0.15, 0.2) is 18.2 Å². The highest BCUT2D eigenvalue weighted by atomic mass is 19.1. The molecule has 0 bridgehead atoms. The van der Waals surface area contributed by atoms with Crippen LogP contribution in [0.5, 0.6) is 0 Å². The molecule has 1 unspecified atom stereocenters. The molecule has 1 heterocycles. The van der Waals surface area contributed by atoms with Gasteiger partial charge in [-0.15, -0.1) is 0 Å². The quantitative estimate of drug-likeness (QED) is 0.600. The third-order valence-electron chi connectivity index (χ3n) is 3.35. The Morgan fingerprint density at radius 3 is 2.94 bits per heavy atom. The van der Waals surface area contributed by atoms with E-state index >= 15 is 0 Å². The summed E-state index contributed by atoms with van der Waals surface area (Å²) in [7, 11) is 0. The van der Waals surface area contributed by atoms with E-state index in [1.54, 1.807) is 6.07 Å². The number of hydrogen-bond donors (Lipinski definition) is 0. The van der Waals surface area contributed by atoms with Crippen molar-refractivity contribution >= 4 is 11.4 Å². The molecular formula is C12H15FN2O2. The smallest absolute Gasteiger partial charge is 0.327 e. The summed E-state index contributed by atoms with van der Waals surface area (Å²) in [4.78, 5) is 12.2. The van der Waals surface area contributed by atoms with Gasteiger partial charge in [0.2, 0.25) is 5.82 Å². The summed E-state index contributed by atoms with van der Waals surface area (Å²) in [6.07, 6.45) is 2.07. The van der Waals surface area contributed by atoms with Gasteiger partial charge in [0, 0.05) is 13.1 Å². The largest absolute Gasteiger partial charge is 0.366 e. The van der Waals surface area contributed by atoms with Crippen LogP contribution in [0.25, 0.3) is 0 Å². The zero-order chi connectivity index (χ0) is 12.4. The van der Waals surface area contributed by atoms with E-state index in [4.69, 9.17) is 0 Å². The van der Waals surface area contributed by atoms with Crippen LogP contribution < -0.4 is 4.90 Å². The molecule has 4 nitrogen and oxygen atoms in total. The highest BCUT2D eigenvalue weighted by molar-refractivity contribution is 5.64. The van der Waals surface area contributed by atoms with Crippen molar-refractivity contribution in [1.29, 1.82) is 0 Å². The summed E-state index contributed by atoms with van der Waals surface area (Å²) in [5.41, 5.74) is 0.00945. The Labute approximate surface area is 99.2 Å². The Hall–Kier alpha value is -1.65. The number of halogens is 1. The van der Waals surface area contributed by atoms with Gasteiger partial charge in [0.15, 0.2) is 0 Å². The monoisotopic (exact) mass is 238 g/mol. The first kappa shape index (κ1) is 11.8. The molecule has 1 aliphatic rings. The first-order valence-electron chi connectivity index (χ1n) is 5.81. The molecule has 0 radical (unpaired) electrons. The lowest BCUT2D eigenvalue weighted by atomic mass is 10.1. The van der Waals surface area contributed by atoms with Crippen molar-refractivity contribution in [3.63, 3.8) is 0 Å². The van der Waals surface area contributed by atoms with E-state index in [1.165, 1.54) is 6.07 Å². The lowest BCUT2D eigenvalue weighted by molar-refractivity contribution is -0.386. The number of nitro groups is 1. The topological polar surface area (TPSA) is 46.4 Å². The number of rotatable bonds is 3. The number of nitro benzene ring substituents is 1. The fourth-order valence-electron chi connectivity index (χ4n) is 2.32. The molecule has 17 heavy (non-hydrogen) atoms. The maximum Gasteiger partial charge on any atom is 0.327 e. The van der Waals surface area contributed by atoms with Crippen molar-refractivity contribution in [1.82, 2.24) is 0 Å². The highest BCUT2D eigenvalue weighted by Crippen LogP contribution is 2.34. The molecule has 1 aromatic rings. The molecule has 1 aliphatic heterocycles. The number of hydrogen-bond acceptors (Lipinski definition) is 3. The van der Waals surface area contributed by atoms with Crippen LogP contribution in [-0.2, 0) is 0 Å². The van der Waals surface area contributed by atoms with Gasteiger partial charge in [-0.3, -0.25) is 10.1 Å². The molecule has 0 spiro atoms. The van der Waals surface area contributed by atoms with E-state index in [0.717, 1.165) is 32.0 Å². The second kappa shape index (κ2) is 4.69. The lowest BCUT2D eigenvalue weighted by Gasteiger charge is -2.18.